The maximum atomic E-state index is 12.0. The molecule has 6 nitrogen and oxygen atoms in total. The van der Waals surface area contributed by atoms with Crippen LogP contribution in [0.5, 0.6) is 0 Å². The molecule has 0 saturated carbocycles. The van der Waals surface area contributed by atoms with Crippen molar-refractivity contribution in [1.29, 1.82) is 0 Å². The summed E-state index contributed by atoms with van der Waals surface area (Å²) in [5, 5.41) is 8.88. The Morgan fingerprint density at radius 2 is 1.95 bits per heavy atom. The van der Waals surface area contributed by atoms with Gasteiger partial charge in [0.2, 0.25) is 5.91 Å². The first-order chi connectivity index (χ1) is 9.69. The minimum Gasteiger partial charge on any atom is -0.480 e. The Kier molecular flexibility index (Phi) is 5.48. The minimum atomic E-state index is -3.33. The quantitative estimate of drug-likeness (QED) is 0.844. The highest BCUT2D eigenvalue weighted by atomic mass is 32.2. The average Bonchev–Trinajstić information content (AvgIpc) is 2.45. The van der Waals surface area contributed by atoms with E-state index >= 15 is 0 Å². The van der Waals surface area contributed by atoms with E-state index in [0.29, 0.717) is 5.56 Å². The molecule has 0 radical (unpaired) electrons. The van der Waals surface area contributed by atoms with Crippen LogP contribution in [0, 0.1) is 0 Å². The SMILES string of the molecule is CCS(=O)(=O)c1cccc(CC(=O)N(C)C(C)C(=O)O)c1. The molecule has 1 unspecified atom stereocenters. The fraction of sp³-hybridized carbons (Fsp3) is 0.429. The second-order valence-corrected chi connectivity index (χ2v) is 7.02. The first kappa shape index (κ1) is 17.2. The molecular formula is C14H19NO5S. The summed E-state index contributed by atoms with van der Waals surface area (Å²) in [6, 6.07) is 5.23. The molecule has 0 bridgehead atoms. The predicted molar refractivity (Wildman–Crippen MR) is 77.7 cm³/mol. The lowest BCUT2D eigenvalue weighted by molar-refractivity contribution is -0.148. The van der Waals surface area contributed by atoms with Gasteiger partial charge in [-0.25, -0.2) is 13.2 Å². The van der Waals surface area contributed by atoms with E-state index in [2.05, 4.69) is 0 Å². The van der Waals surface area contributed by atoms with Crippen LogP contribution in [0.1, 0.15) is 19.4 Å². The van der Waals surface area contributed by atoms with Gasteiger partial charge in [-0.3, -0.25) is 4.79 Å². The van der Waals surface area contributed by atoms with Crippen LogP contribution in [-0.4, -0.2) is 49.1 Å². The zero-order valence-electron chi connectivity index (χ0n) is 12.2. The highest BCUT2D eigenvalue weighted by molar-refractivity contribution is 7.91. The Bertz CT molecular complexity index is 639. The predicted octanol–water partition coefficient (Wildman–Crippen LogP) is 0.954. The molecule has 21 heavy (non-hydrogen) atoms. The lowest BCUT2D eigenvalue weighted by Gasteiger charge is -2.21. The lowest BCUT2D eigenvalue weighted by Crippen LogP contribution is -2.41. The number of aliphatic carboxylic acids is 1. The van der Waals surface area contributed by atoms with Crippen LogP contribution in [0.4, 0.5) is 0 Å². The number of hydrogen-bond acceptors (Lipinski definition) is 4. The third-order valence-corrected chi connectivity index (χ3v) is 5.06. The van der Waals surface area contributed by atoms with Crippen molar-refractivity contribution >= 4 is 21.7 Å². The van der Waals surface area contributed by atoms with Gasteiger partial charge in [-0.2, -0.15) is 0 Å². The van der Waals surface area contributed by atoms with E-state index < -0.39 is 21.8 Å². The summed E-state index contributed by atoms with van der Waals surface area (Å²) in [5.74, 6) is -1.48. The number of nitrogens with zero attached hydrogens (tertiary/aromatic N) is 1. The molecule has 1 rings (SSSR count). The molecule has 1 atom stereocenters. The summed E-state index contributed by atoms with van der Waals surface area (Å²) in [4.78, 5) is 24.1. The fourth-order valence-electron chi connectivity index (χ4n) is 1.70. The zero-order valence-corrected chi connectivity index (χ0v) is 13.1. The highest BCUT2D eigenvalue weighted by Gasteiger charge is 2.22. The third-order valence-electron chi connectivity index (χ3n) is 3.32. The van der Waals surface area contributed by atoms with Gasteiger partial charge < -0.3 is 10.0 Å². The fourth-order valence-corrected chi connectivity index (χ4v) is 2.65. The third kappa shape index (κ3) is 4.29. The molecule has 7 heteroatoms. The zero-order chi connectivity index (χ0) is 16.2. The van der Waals surface area contributed by atoms with Gasteiger partial charge in [-0.05, 0) is 24.6 Å². The summed E-state index contributed by atoms with van der Waals surface area (Å²) in [5.41, 5.74) is 0.541. The van der Waals surface area contributed by atoms with E-state index in [1.165, 1.54) is 26.1 Å². The van der Waals surface area contributed by atoms with Gasteiger partial charge in [0.25, 0.3) is 0 Å². The number of sulfone groups is 1. The molecule has 0 aliphatic carbocycles. The molecule has 0 aromatic heterocycles. The smallest absolute Gasteiger partial charge is 0.326 e. The summed E-state index contributed by atoms with van der Waals surface area (Å²) in [6.45, 7) is 2.97. The van der Waals surface area contributed by atoms with Crippen LogP contribution in [0.15, 0.2) is 29.2 Å². The number of hydrogen-bond donors (Lipinski definition) is 1. The van der Waals surface area contributed by atoms with E-state index in [4.69, 9.17) is 5.11 Å². The molecule has 0 aliphatic heterocycles. The van der Waals surface area contributed by atoms with Crippen molar-refractivity contribution in [3.05, 3.63) is 29.8 Å². The van der Waals surface area contributed by atoms with E-state index in [0.717, 1.165) is 4.90 Å². The molecule has 0 spiro atoms. The van der Waals surface area contributed by atoms with Crippen LogP contribution in [0.2, 0.25) is 0 Å². The van der Waals surface area contributed by atoms with Gasteiger partial charge >= 0.3 is 5.97 Å². The monoisotopic (exact) mass is 313 g/mol. The lowest BCUT2D eigenvalue weighted by atomic mass is 10.1. The van der Waals surface area contributed by atoms with E-state index in [1.807, 2.05) is 0 Å². The molecule has 0 heterocycles. The number of carboxylic acid groups (broad SMARTS) is 1. The summed E-state index contributed by atoms with van der Waals surface area (Å²) >= 11 is 0. The molecule has 1 amide bonds. The summed E-state index contributed by atoms with van der Waals surface area (Å²) in [6.07, 6.45) is -0.0405. The van der Waals surface area contributed by atoms with E-state index in [-0.39, 0.29) is 23.0 Å². The van der Waals surface area contributed by atoms with Gasteiger partial charge in [0.15, 0.2) is 9.84 Å². The topological polar surface area (TPSA) is 91.8 Å². The Hall–Kier alpha value is -1.89. The number of rotatable bonds is 6. The molecular weight excluding hydrogens is 294 g/mol. The van der Waals surface area contributed by atoms with Crippen molar-refractivity contribution in [2.24, 2.45) is 0 Å². The van der Waals surface area contributed by atoms with Crippen LogP contribution in [0.25, 0.3) is 0 Å². The molecule has 116 valence electrons. The number of carbonyl (C=O) groups excluding carboxylic acids is 1. The molecule has 1 aromatic rings. The van der Waals surface area contributed by atoms with Crippen molar-refractivity contribution in [2.45, 2.75) is 31.2 Å². The first-order valence-corrected chi connectivity index (χ1v) is 8.14. The Balaban J connectivity index is 2.92. The van der Waals surface area contributed by atoms with Gasteiger partial charge in [0.1, 0.15) is 6.04 Å². The molecule has 1 N–H and O–H groups in total. The minimum absolute atomic E-state index is 0.0135. The summed E-state index contributed by atoms with van der Waals surface area (Å²) in [7, 11) is -1.92. The van der Waals surface area contributed by atoms with Gasteiger partial charge in [0, 0.05) is 7.05 Å². The van der Waals surface area contributed by atoms with Crippen molar-refractivity contribution in [3.63, 3.8) is 0 Å². The van der Waals surface area contributed by atoms with Crippen molar-refractivity contribution in [1.82, 2.24) is 4.90 Å². The second kappa shape index (κ2) is 6.71. The maximum absolute atomic E-state index is 12.0. The number of amides is 1. The van der Waals surface area contributed by atoms with Gasteiger partial charge in [-0.15, -0.1) is 0 Å². The highest BCUT2D eigenvalue weighted by Crippen LogP contribution is 2.14. The number of carboxylic acids is 1. The van der Waals surface area contributed by atoms with Crippen LogP contribution < -0.4 is 0 Å². The van der Waals surface area contributed by atoms with Crippen LogP contribution in [0.3, 0.4) is 0 Å². The van der Waals surface area contributed by atoms with Crippen LogP contribution >= 0.6 is 0 Å². The molecule has 1 aromatic carbocycles. The van der Waals surface area contributed by atoms with Crippen LogP contribution in [-0.2, 0) is 25.8 Å². The largest absolute Gasteiger partial charge is 0.480 e. The standard InChI is InChI=1S/C14H19NO5S/c1-4-21(19,20)12-7-5-6-11(8-12)9-13(16)15(3)10(2)14(17)18/h5-8,10H,4,9H2,1-3H3,(H,17,18). The van der Waals surface area contributed by atoms with Crippen molar-refractivity contribution in [3.8, 4) is 0 Å². The first-order valence-electron chi connectivity index (χ1n) is 6.49. The second-order valence-electron chi connectivity index (χ2n) is 4.75. The molecule has 0 saturated heterocycles. The average molecular weight is 313 g/mol. The Morgan fingerprint density at radius 1 is 1.33 bits per heavy atom. The number of benzene rings is 1. The normalized spacial score (nSPS) is 12.7. The maximum Gasteiger partial charge on any atom is 0.326 e. The van der Waals surface area contributed by atoms with Gasteiger partial charge in [0.05, 0.1) is 17.1 Å². The van der Waals surface area contributed by atoms with E-state index in [9.17, 15) is 18.0 Å². The van der Waals surface area contributed by atoms with E-state index in [1.54, 1.807) is 19.1 Å². The molecule has 0 fully saturated rings. The number of likely N-dealkylation sites (N-methyl/N-ethyl adjacent to an activating group) is 1. The van der Waals surface area contributed by atoms with Crippen molar-refractivity contribution in [2.75, 3.05) is 12.8 Å². The molecule has 0 aliphatic rings. The van der Waals surface area contributed by atoms with Crippen molar-refractivity contribution < 1.29 is 23.1 Å². The van der Waals surface area contributed by atoms with Gasteiger partial charge in [-0.1, -0.05) is 19.1 Å². The number of carbonyl (C=O) groups is 2. The Morgan fingerprint density at radius 3 is 2.48 bits per heavy atom. The Labute approximate surface area is 124 Å². The summed E-state index contributed by atoms with van der Waals surface area (Å²) < 4.78 is 23.6.